The van der Waals surface area contributed by atoms with Gasteiger partial charge in [0.05, 0.1) is 10.6 Å². The minimum absolute atomic E-state index is 0.615. The van der Waals surface area contributed by atoms with Crippen LogP contribution >= 0.6 is 23.1 Å². The second kappa shape index (κ2) is 6.03. The fraction of sp³-hybridized carbons (Fsp3) is 0.400. The lowest BCUT2D eigenvalue weighted by Crippen LogP contribution is -1.99. The van der Waals surface area contributed by atoms with Crippen molar-refractivity contribution in [1.29, 1.82) is 0 Å². The number of aromatic nitrogens is 2. The van der Waals surface area contributed by atoms with E-state index in [-0.39, 0.29) is 0 Å². The molecule has 0 aliphatic heterocycles. The van der Waals surface area contributed by atoms with Crippen LogP contribution < -0.4 is 5.73 Å². The molecule has 0 unspecified atom stereocenters. The third-order valence-electron chi connectivity index (χ3n) is 1.92. The maximum Gasteiger partial charge on any atom is 0.268 e. The Bertz CT molecular complexity index is 413. The van der Waals surface area contributed by atoms with Crippen LogP contribution in [0.25, 0.3) is 10.8 Å². The fourth-order valence-electron chi connectivity index (χ4n) is 1.16. The van der Waals surface area contributed by atoms with Gasteiger partial charge in [0.1, 0.15) is 0 Å². The smallest absolute Gasteiger partial charge is 0.268 e. The summed E-state index contributed by atoms with van der Waals surface area (Å²) in [5.41, 5.74) is 5.41. The Morgan fingerprint density at radius 1 is 1.50 bits per heavy atom. The Labute approximate surface area is 102 Å². The van der Waals surface area contributed by atoms with E-state index in [0.717, 1.165) is 35.2 Å². The summed E-state index contributed by atoms with van der Waals surface area (Å²) in [7, 11) is 0. The molecule has 0 bridgehead atoms. The van der Waals surface area contributed by atoms with Crippen molar-refractivity contribution in [3.05, 3.63) is 23.3 Å². The molecule has 2 N–H and O–H groups in total. The van der Waals surface area contributed by atoms with E-state index in [1.165, 1.54) is 0 Å². The van der Waals surface area contributed by atoms with E-state index in [9.17, 15) is 0 Å². The highest BCUT2D eigenvalue weighted by Crippen LogP contribution is 2.23. The van der Waals surface area contributed by atoms with Gasteiger partial charge in [-0.2, -0.15) is 16.7 Å². The first-order valence-corrected chi connectivity index (χ1v) is 7.08. The van der Waals surface area contributed by atoms with E-state index in [0.29, 0.717) is 5.89 Å². The van der Waals surface area contributed by atoms with E-state index in [1.807, 2.05) is 17.5 Å². The van der Waals surface area contributed by atoms with Crippen molar-refractivity contribution in [2.45, 2.75) is 12.2 Å². The average molecular weight is 255 g/mol. The average Bonchev–Trinajstić information content (AvgIpc) is 2.94. The molecule has 6 heteroatoms. The second-order valence-corrected chi connectivity index (χ2v) is 5.24. The van der Waals surface area contributed by atoms with Crippen LogP contribution in [0.3, 0.4) is 0 Å². The van der Waals surface area contributed by atoms with Gasteiger partial charge in [0.15, 0.2) is 5.82 Å². The number of nitrogens with zero attached hydrogens (tertiary/aromatic N) is 2. The number of nitrogens with two attached hydrogens (primary N) is 1. The maximum absolute atomic E-state index is 5.41. The number of rotatable bonds is 6. The van der Waals surface area contributed by atoms with Gasteiger partial charge >= 0.3 is 0 Å². The van der Waals surface area contributed by atoms with Crippen molar-refractivity contribution in [2.75, 3.05) is 12.3 Å². The summed E-state index contributed by atoms with van der Waals surface area (Å²) in [5, 5.41) is 5.93. The minimum atomic E-state index is 0.615. The van der Waals surface area contributed by atoms with Crippen molar-refractivity contribution in [3.63, 3.8) is 0 Å². The molecule has 0 amide bonds. The highest BCUT2D eigenvalue weighted by Gasteiger charge is 2.08. The second-order valence-electron chi connectivity index (χ2n) is 3.19. The van der Waals surface area contributed by atoms with Gasteiger partial charge in [-0.25, -0.2) is 0 Å². The molecule has 0 atom stereocenters. The summed E-state index contributed by atoms with van der Waals surface area (Å²) in [5.74, 6) is 3.20. The summed E-state index contributed by atoms with van der Waals surface area (Å²) in [6.45, 7) is 0.736. The van der Waals surface area contributed by atoms with Crippen LogP contribution in [0.1, 0.15) is 12.2 Å². The molecule has 4 nitrogen and oxygen atoms in total. The Morgan fingerprint density at radius 2 is 2.44 bits per heavy atom. The van der Waals surface area contributed by atoms with E-state index in [4.69, 9.17) is 10.3 Å². The largest absolute Gasteiger partial charge is 0.333 e. The molecule has 0 saturated carbocycles. The zero-order valence-electron chi connectivity index (χ0n) is 8.76. The van der Waals surface area contributed by atoms with E-state index < -0.39 is 0 Å². The highest BCUT2D eigenvalue weighted by molar-refractivity contribution is 7.98. The molecule has 86 valence electrons. The first-order valence-electron chi connectivity index (χ1n) is 5.04. The Kier molecular flexibility index (Phi) is 4.38. The molecule has 16 heavy (non-hydrogen) atoms. The standard InChI is InChI=1S/C10H13N3OS2/c11-4-2-5-15-7-9-12-10(14-13-9)8-3-1-6-16-8/h1,3,6H,2,4-5,7,11H2. The number of thiophene rings is 1. The molecule has 2 aromatic rings. The predicted octanol–water partition coefficient (Wildman–Crippen LogP) is 2.38. The molecule has 0 radical (unpaired) electrons. The Balaban J connectivity index is 1.88. The molecule has 0 spiro atoms. The van der Waals surface area contributed by atoms with Crippen LogP contribution in [-0.4, -0.2) is 22.4 Å². The van der Waals surface area contributed by atoms with Gasteiger partial charge in [0, 0.05) is 0 Å². The van der Waals surface area contributed by atoms with Crippen LogP contribution in [0, 0.1) is 0 Å². The summed E-state index contributed by atoms with van der Waals surface area (Å²) < 4.78 is 5.18. The van der Waals surface area contributed by atoms with Crippen LogP contribution in [0.15, 0.2) is 22.0 Å². The Morgan fingerprint density at radius 3 is 3.19 bits per heavy atom. The third-order valence-corrected chi connectivity index (χ3v) is 3.82. The van der Waals surface area contributed by atoms with Gasteiger partial charge < -0.3 is 10.3 Å². The summed E-state index contributed by atoms with van der Waals surface area (Å²) >= 11 is 3.38. The molecule has 0 fully saturated rings. The third kappa shape index (κ3) is 3.07. The van der Waals surface area contributed by atoms with Crippen molar-refractivity contribution in [1.82, 2.24) is 10.1 Å². The lowest BCUT2D eigenvalue weighted by Gasteiger charge is -1.94. The quantitative estimate of drug-likeness (QED) is 0.803. The van der Waals surface area contributed by atoms with Crippen LogP contribution in [-0.2, 0) is 5.75 Å². The highest BCUT2D eigenvalue weighted by atomic mass is 32.2. The Hall–Kier alpha value is -0.850. The van der Waals surface area contributed by atoms with E-state index >= 15 is 0 Å². The number of hydrogen-bond donors (Lipinski definition) is 1. The molecule has 0 saturated heterocycles. The van der Waals surface area contributed by atoms with E-state index in [1.54, 1.807) is 23.1 Å². The molecular weight excluding hydrogens is 242 g/mol. The topological polar surface area (TPSA) is 64.9 Å². The van der Waals surface area contributed by atoms with Gasteiger partial charge in [0.2, 0.25) is 0 Å². The summed E-state index contributed by atoms with van der Waals surface area (Å²) in [4.78, 5) is 5.35. The number of thioether (sulfide) groups is 1. The van der Waals surface area contributed by atoms with Gasteiger partial charge in [-0.05, 0) is 30.2 Å². The first kappa shape index (κ1) is 11.6. The molecule has 0 aliphatic rings. The van der Waals surface area contributed by atoms with Crippen LogP contribution in [0.4, 0.5) is 0 Å². The van der Waals surface area contributed by atoms with Crippen molar-refractivity contribution in [2.24, 2.45) is 5.73 Å². The lowest BCUT2D eigenvalue weighted by atomic mass is 10.5. The van der Waals surface area contributed by atoms with Crippen molar-refractivity contribution in [3.8, 4) is 10.8 Å². The molecule has 0 aromatic carbocycles. The zero-order chi connectivity index (χ0) is 11.2. The van der Waals surface area contributed by atoms with Crippen molar-refractivity contribution >= 4 is 23.1 Å². The zero-order valence-corrected chi connectivity index (χ0v) is 10.4. The first-order chi connectivity index (χ1) is 7.90. The molecule has 0 aliphatic carbocycles. The maximum atomic E-state index is 5.41. The lowest BCUT2D eigenvalue weighted by molar-refractivity contribution is 0.426. The molecule has 2 heterocycles. The fourth-order valence-corrected chi connectivity index (χ4v) is 2.62. The molecule has 2 rings (SSSR count). The van der Waals surface area contributed by atoms with Gasteiger partial charge in [-0.3, -0.25) is 0 Å². The van der Waals surface area contributed by atoms with Gasteiger partial charge in [0.25, 0.3) is 5.89 Å². The molecule has 2 aromatic heterocycles. The van der Waals surface area contributed by atoms with Crippen molar-refractivity contribution < 1.29 is 4.52 Å². The SMILES string of the molecule is NCCCSCc1noc(-c2cccs2)n1. The molecular formula is C10H13N3OS2. The minimum Gasteiger partial charge on any atom is -0.333 e. The monoisotopic (exact) mass is 255 g/mol. The van der Waals surface area contributed by atoms with Gasteiger partial charge in [-0.1, -0.05) is 11.2 Å². The normalized spacial score (nSPS) is 10.8. The van der Waals surface area contributed by atoms with E-state index in [2.05, 4.69) is 10.1 Å². The van der Waals surface area contributed by atoms with Gasteiger partial charge in [-0.15, -0.1) is 11.3 Å². The van der Waals surface area contributed by atoms with Crippen LogP contribution in [0.5, 0.6) is 0 Å². The van der Waals surface area contributed by atoms with Crippen LogP contribution in [0.2, 0.25) is 0 Å². The summed E-state index contributed by atoms with van der Waals surface area (Å²) in [6, 6.07) is 3.95. The number of hydrogen-bond acceptors (Lipinski definition) is 6. The predicted molar refractivity (Wildman–Crippen MR) is 67.4 cm³/mol. The summed E-state index contributed by atoms with van der Waals surface area (Å²) in [6.07, 6.45) is 1.03.